The van der Waals surface area contributed by atoms with Gasteiger partial charge in [0.1, 0.15) is 0 Å². The summed E-state index contributed by atoms with van der Waals surface area (Å²) in [6, 6.07) is 50.7. The Hall–Kier alpha value is -6.06. The van der Waals surface area contributed by atoms with Crippen LogP contribution in [0.3, 0.4) is 0 Å². The number of benzene rings is 7. The third-order valence-electron chi connectivity index (χ3n) is 25.7. The molecule has 3 nitrogen and oxygen atoms in total. The highest BCUT2D eigenvalue weighted by atomic mass is 15.3. The van der Waals surface area contributed by atoms with E-state index in [9.17, 15) is 0 Å². The molecule has 1 saturated carbocycles. The molecule has 0 spiro atoms. The first-order chi connectivity index (χ1) is 40.3. The number of rotatable bonds is 4. The number of hydrogen-bond acceptors (Lipinski definition) is 3. The molecule has 0 aromatic heterocycles. The molecule has 2 unspecified atom stereocenters. The highest BCUT2D eigenvalue weighted by Gasteiger charge is 2.59. The smallest absolute Gasteiger partial charge is 0.0545 e. The monoisotopic (exact) mass is 1140 g/mol. The minimum atomic E-state index is -0.176. The van der Waals surface area contributed by atoms with Gasteiger partial charge in [0.05, 0.1) is 28.3 Å². The summed E-state index contributed by atoms with van der Waals surface area (Å²) in [7, 11) is 0. The summed E-state index contributed by atoms with van der Waals surface area (Å²) in [5.74, 6) is -0.000316. The molecule has 15 rings (SSSR count). The topological polar surface area (TPSA) is 9.72 Å². The fraction of sp³-hybridized carbons (Fsp3) is 0.494. The number of nitrogens with zero attached hydrogens (tertiary/aromatic N) is 3. The number of hydrogen-bond donors (Lipinski definition) is 0. The van der Waals surface area contributed by atoms with Gasteiger partial charge in [0.15, 0.2) is 0 Å². The molecule has 86 heavy (non-hydrogen) atoms. The van der Waals surface area contributed by atoms with E-state index in [4.69, 9.17) is 0 Å². The average molecular weight is 1140 g/mol. The molecule has 446 valence electrons. The van der Waals surface area contributed by atoms with Crippen molar-refractivity contribution < 1.29 is 0 Å². The molecular weight excluding hydrogens is 1040 g/mol. The lowest BCUT2D eigenvalue weighted by Gasteiger charge is -2.52. The van der Waals surface area contributed by atoms with Crippen molar-refractivity contribution in [3.05, 3.63) is 188 Å². The third kappa shape index (κ3) is 7.82. The van der Waals surface area contributed by atoms with Gasteiger partial charge in [-0.3, -0.25) is 0 Å². The van der Waals surface area contributed by atoms with E-state index in [1.54, 1.807) is 11.1 Å². The minimum absolute atomic E-state index is 0.000316. The molecular formula is C83H99N3. The molecule has 7 aromatic rings. The Morgan fingerprint density at radius 2 is 0.686 bits per heavy atom. The fourth-order valence-corrected chi connectivity index (χ4v) is 19.2. The summed E-state index contributed by atoms with van der Waals surface area (Å²) in [6.45, 7) is 45.6. The average Bonchev–Trinajstić information content (AvgIpc) is 1.11. The van der Waals surface area contributed by atoms with E-state index in [1.807, 2.05) is 0 Å². The molecule has 3 heterocycles. The second-order valence-corrected chi connectivity index (χ2v) is 34.7. The summed E-state index contributed by atoms with van der Waals surface area (Å²) in [5, 5.41) is 0. The highest BCUT2D eigenvalue weighted by Crippen LogP contribution is 2.68. The van der Waals surface area contributed by atoms with Crippen LogP contribution in [-0.4, -0.2) is 5.54 Å². The van der Waals surface area contributed by atoms with Gasteiger partial charge in [0.25, 0.3) is 0 Å². The van der Waals surface area contributed by atoms with Crippen molar-refractivity contribution in [3.8, 4) is 11.1 Å². The lowest BCUT2D eigenvalue weighted by molar-refractivity contribution is 0.195. The molecule has 1 fully saturated rings. The van der Waals surface area contributed by atoms with Crippen molar-refractivity contribution in [1.82, 2.24) is 0 Å². The van der Waals surface area contributed by atoms with E-state index in [0.29, 0.717) is 0 Å². The van der Waals surface area contributed by atoms with Crippen molar-refractivity contribution in [2.75, 3.05) is 14.7 Å². The van der Waals surface area contributed by atoms with E-state index in [1.165, 1.54) is 183 Å². The largest absolute Gasteiger partial charge is 0.334 e. The molecule has 0 radical (unpaired) electrons. The quantitative estimate of drug-likeness (QED) is 0.174. The summed E-state index contributed by atoms with van der Waals surface area (Å²) in [5.41, 5.74) is 31.4. The first-order valence-electron chi connectivity index (χ1n) is 33.8. The van der Waals surface area contributed by atoms with Gasteiger partial charge in [-0.2, -0.15) is 0 Å². The van der Waals surface area contributed by atoms with Gasteiger partial charge in [0.2, 0.25) is 0 Å². The highest BCUT2D eigenvalue weighted by molar-refractivity contribution is 6.00. The predicted molar refractivity (Wildman–Crippen MR) is 366 cm³/mol. The molecule has 0 saturated heterocycles. The van der Waals surface area contributed by atoms with E-state index in [-0.39, 0.29) is 60.2 Å². The maximum atomic E-state index is 2.90. The van der Waals surface area contributed by atoms with Crippen molar-refractivity contribution in [3.63, 3.8) is 0 Å². The van der Waals surface area contributed by atoms with Gasteiger partial charge in [-0.1, -0.05) is 191 Å². The zero-order chi connectivity index (χ0) is 60.6. The number of anilines is 8. The zero-order valence-corrected chi connectivity index (χ0v) is 56.0. The predicted octanol–water partition coefficient (Wildman–Crippen LogP) is 23.2. The zero-order valence-electron chi connectivity index (χ0n) is 56.0. The first kappa shape index (κ1) is 56.4. The van der Waals surface area contributed by atoms with Crippen LogP contribution in [-0.2, 0) is 48.7 Å². The standard InChI is InChI=1S/C83H99N3/c1-74(2)34-36-76(5,6)60-43-53(27-29-58(60)74)84-68-49-64-62(78(9,10)38-40-80(64,13)14)47-56(68)72-57-48-63-65(81(15,16)41-39-79(63,11)12)50-69(57)85(54-28-30-59-61(44-54)77(7,8)37-35-75(59,3)4)71-46-55(45-70(84)73(71)72)86-67-31-26-52(51-24-20-19-21-25-51)42-66(67)82(17)32-22-23-33-83(82,86)18/h19-21,24-31,42-50,72H,22-23,32-41H2,1-18H3. The van der Waals surface area contributed by atoms with Gasteiger partial charge in [0, 0.05) is 39.6 Å². The fourth-order valence-electron chi connectivity index (χ4n) is 19.2. The summed E-state index contributed by atoms with van der Waals surface area (Å²) >= 11 is 0. The lowest BCUT2D eigenvalue weighted by atomic mass is 9.60. The maximum Gasteiger partial charge on any atom is 0.0545 e. The summed E-state index contributed by atoms with van der Waals surface area (Å²) in [4.78, 5) is 8.56. The van der Waals surface area contributed by atoms with Crippen molar-refractivity contribution in [1.29, 1.82) is 0 Å². The van der Waals surface area contributed by atoms with Crippen molar-refractivity contribution in [2.45, 2.75) is 262 Å². The Balaban J connectivity index is 1.10. The van der Waals surface area contributed by atoms with E-state index < -0.39 is 0 Å². The van der Waals surface area contributed by atoms with E-state index >= 15 is 0 Å². The number of fused-ring (bicyclic) bond motifs is 11. The van der Waals surface area contributed by atoms with Gasteiger partial charge >= 0.3 is 0 Å². The Morgan fingerprint density at radius 3 is 1.13 bits per heavy atom. The van der Waals surface area contributed by atoms with Gasteiger partial charge in [-0.05, 0) is 247 Å². The van der Waals surface area contributed by atoms with Crippen molar-refractivity contribution >= 4 is 45.5 Å². The van der Waals surface area contributed by atoms with Crippen LogP contribution in [0.25, 0.3) is 11.1 Å². The Labute approximate surface area is 518 Å². The normalized spacial score (nSPS) is 25.7. The van der Waals surface area contributed by atoms with Crippen LogP contribution >= 0.6 is 0 Å². The van der Waals surface area contributed by atoms with E-state index in [2.05, 4.69) is 261 Å². The molecule has 7 aromatic carbocycles. The molecule has 5 aliphatic carbocycles. The molecule has 0 bridgehead atoms. The third-order valence-corrected chi connectivity index (χ3v) is 25.7. The molecule has 3 heteroatoms. The summed E-state index contributed by atoms with van der Waals surface area (Å²) in [6.07, 6.45) is 14.2. The van der Waals surface area contributed by atoms with Crippen LogP contribution in [0.1, 0.15) is 274 Å². The van der Waals surface area contributed by atoms with Crippen LogP contribution in [0.2, 0.25) is 0 Å². The molecule has 0 N–H and O–H groups in total. The minimum Gasteiger partial charge on any atom is -0.334 e. The molecule has 2 atom stereocenters. The SMILES string of the molecule is CC1(C)CCC(C)(C)c2cc(N3c4cc5c(cc4C4c6cc7c(cc6N(c6ccc8c(c6)C(C)(C)CCC8(C)C)c6cc(N8c9ccc(-c%10ccccc%10)cc9C9(C)CCCCC89C)cc3c64)C(C)(C)CCC7(C)C)C(C)(C)CCC5(C)C)ccc21. The molecule has 0 amide bonds. The van der Waals surface area contributed by atoms with Crippen LogP contribution in [0.15, 0.2) is 121 Å². The lowest BCUT2D eigenvalue weighted by Crippen LogP contribution is -2.54. The Kier molecular flexibility index (Phi) is 11.7. The van der Waals surface area contributed by atoms with E-state index in [0.717, 1.165) is 6.42 Å². The van der Waals surface area contributed by atoms with Gasteiger partial charge < -0.3 is 14.7 Å². The molecule has 3 aliphatic heterocycles. The Morgan fingerprint density at radius 1 is 0.291 bits per heavy atom. The van der Waals surface area contributed by atoms with Crippen molar-refractivity contribution in [2.24, 2.45) is 0 Å². The second-order valence-electron chi connectivity index (χ2n) is 34.7. The Bertz CT molecular complexity index is 3830. The molecule has 8 aliphatic rings. The van der Waals surface area contributed by atoms with Crippen LogP contribution in [0, 0.1) is 0 Å². The van der Waals surface area contributed by atoms with Crippen LogP contribution < -0.4 is 14.7 Å². The second kappa shape index (κ2) is 17.8. The van der Waals surface area contributed by atoms with Gasteiger partial charge in [-0.15, -0.1) is 0 Å². The van der Waals surface area contributed by atoms with Crippen LogP contribution in [0.5, 0.6) is 0 Å². The summed E-state index contributed by atoms with van der Waals surface area (Å²) < 4.78 is 0. The maximum absolute atomic E-state index is 2.90. The first-order valence-corrected chi connectivity index (χ1v) is 33.8. The van der Waals surface area contributed by atoms with Crippen LogP contribution in [0.4, 0.5) is 45.5 Å². The van der Waals surface area contributed by atoms with Gasteiger partial charge in [-0.25, -0.2) is 0 Å².